The molecule has 0 fully saturated rings. The van der Waals surface area contributed by atoms with Crippen molar-refractivity contribution in [3.63, 3.8) is 0 Å². The number of aromatic carboxylic acids is 1. The van der Waals surface area contributed by atoms with Crippen LogP contribution in [0.1, 0.15) is 22.8 Å². The van der Waals surface area contributed by atoms with Gasteiger partial charge in [-0.15, -0.1) is 0 Å². The van der Waals surface area contributed by atoms with E-state index in [0.29, 0.717) is 5.75 Å². The first-order chi connectivity index (χ1) is 11.0. The van der Waals surface area contributed by atoms with E-state index in [9.17, 15) is 9.59 Å². The molecule has 0 spiro atoms. The summed E-state index contributed by atoms with van der Waals surface area (Å²) >= 11 is 5.95. The normalized spacial score (nSPS) is 10.2. The Morgan fingerprint density at radius 1 is 1.17 bits per heavy atom. The van der Waals surface area contributed by atoms with Gasteiger partial charge in [0.15, 0.2) is 6.61 Å². The molecule has 5 nitrogen and oxygen atoms in total. The van der Waals surface area contributed by atoms with Gasteiger partial charge in [0.1, 0.15) is 5.75 Å². The van der Waals surface area contributed by atoms with Crippen LogP contribution in [0.5, 0.6) is 5.75 Å². The number of amides is 1. The van der Waals surface area contributed by atoms with Crippen molar-refractivity contribution < 1.29 is 19.4 Å². The number of anilines is 1. The molecule has 0 saturated carbocycles. The lowest BCUT2D eigenvalue weighted by molar-refractivity contribution is -0.118. The Labute approximate surface area is 138 Å². The van der Waals surface area contributed by atoms with Crippen LogP contribution >= 0.6 is 11.6 Å². The van der Waals surface area contributed by atoms with E-state index in [1.54, 1.807) is 12.1 Å². The first-order valence-corrected chi connectivity index (χ1v) is 7.42. The fraction of sp³-hybridized carbons (Fsp3) is 0.176. The Morgan fingerprint density at radius 3 is 2.48 bits per heavy atom. The minimum atomic E-state index is -1.09. The molecule has 120 valence electrons. The molecule has 0 heterocycles. The molecule has 0 aliphatic rings. The third-order valence-corrected chi connectivity index (χ3v) is 3.52. The van der Waals surface area contributed by atoms with Gasteiger partial charge in [-0.05, 0) is 42.3 Å². The second kappa shape index (κ2) is 7.65. The van der Waals surface area contributed by atoms with Crippen molar-refractivity contribution in [1.29, 1.82) is 0 Å². The summed E-state index contributed by atoms with van der Waals surface area (Å²) in [4.78, 5) is 22.8. The fourth-order valence-electron chi connectivity index (χ4n) is 1.91. The van der Waals surface area contributed by atoms with Crippen LogP contribution in [0.2, 0.25) is 5.02 Å². The zero-order valence-electron chi connectivity index (χ0n) is 12.5. The highest BCUT2D eigenvalue weighted by Crippen LogP contribution is 2.23. The third-order valence-electron chi connectivity index (χ3n) is 3.19. The van der Waals surface area contributed by atoms with Crippen LogP contribution in [0.15, 0.2) is 42.5 Å². The topological polar surface area (TPSA) is 75.6 Å². The van der Waals surface area contributed by atoms with Gasteiger partial charge in [-0.2, -0.15) is 0 Å². The maximum absolute atomic E-state index is 11.9. The second-order valence-electron chi connectivity index (χ2n) is 4.83. The lowest BCUT2D eigenvalue weighted by Gasteiger charge is -2.10. The van der Waals surface area contributed by atoms with Crippen molar-refractivity contribution in [1.82, 2.24) is 0 Å². The number of carboxylic acids is 1. The molecule has 6 heteroatoms. The van der Waals surface area contributed by atoms with E-state index in [1.165, 1.54) is 23.8 Å². The Hall–Kier alpha value is -2.53. The molecular formula is C17H16ClNO4. The van der Waals surface area contributed by atoms with Crippen molar-refractivity contribution in [3.05, 3.63) is 58.6 Å². The van der Waals surface area contributed by atoms with E-state index >= 15 is 0 Å². The maximum Gasteiger partial charge on any atom is 0.335 e. The lowest BCUT2D eigenvalue weighted by atomic mass is 10.2. The number of aryl methyl sites for hydroxylation is 1. The predicted molar refractivity (Wildman–Crippen MR) is 88.4 cm³/mol. The highest BCUT2D eigenvalue weighted by molar-refractivity contribution is 6.33. The summed E-state index contributed by atoms with van der Waals surface area (Å²) in [5.74, 6) is -0.929. The molecule has 0 radical (unpaired) electrons. The lowest BCUT2D eigenvalue weighted by Crippen LogP contribution is -2.20. The van der Waals surface area contributed by atoms with E-state index in [-0.39, 0.29) is 22.9 Å². The minimum Gasteiger partial charge on any atom is -0.484 e. The minimum absolute atomic E-state index is 0.0424. The molecule has 0 aromatic heterocycles. The van der Waals surface area contributed by atoms with Crippen LogP contribution in [0, 0.1) is 0 Å². The highest BCUT2D eigenvalue weighted by atomic mass is 35.5. The molecule has 0 aliphatic carbocycles. The quantitative estimate of drug-likeness (QED) is 0.846. The number of hydrogen-bond donors (Lipinski definition) is 2. The van der Waals surface area contributed by atoms with Gasteiger partial charge in [0.25, 0.3) is 5.91 Å². The maximum atomic E-state index is 11.9. The van der Waals surface area contributed by atoms with Crippen LogP contribution in [0.4, 0.5) is 5.69 Å². The molecule has 0 bridgehead atoms. The van der Waals surface area contributed by atoms with E-state index in [2.05, 4.69) is 12.2 Å². The molecule has 0 aliphatic heterocycles. The fourth-order valence-corrected chi connectivity index (χ4v) is 2.08. The standard InChI is InChI=1S/C17H16ClNO4/c1-2-11-3-6-13(7-4-11)23-10-16(20)19-15-9-12(17(21)22)5-8-14(15)18/h3-9H,2,10H2,1H3,(H,19,20)(H,21,22). The molecule has 2 aromatic carbocycles. The van der Waals surface area contributed by atoms with E-state index in [0.717, 1.165) is 6.42 Å². The van der Waals surface area contributed by atoms with Gasteiger partial charge in [-0.25, -0.2) is 4.79 Å². The average molecular weight is 334 g/mol. The van der Waals surface area contributed by atoms with E-state index in [1.807, 2.05) is 12.1 Å². The SMILES string of the molecule is CCc1ccc(OCC(=O)Nc2cc(C(=O)O)ccc2Cl)cc1. The molecule has 23 heavy (non-hydrogen) atoms. The number of carbonyl (C=O) groups excluding carboxylic acids is 1. The second-order valence-corrected chi connectivity index (χ2v) is 5.24. The molecular weight excluding hydrogens is 318 g/mol. The Morgan fingerprint density at radius 2 is 1.87 bits per heavy atom. The zero-order valence-corrected chi connectivity index (χ0v) is 13.3. The third kappa shape index (κ3) is 4.72. The van der Waals surface area contributed by atoms with Crippen molar-refractivity contribution in [2.24, 2.45) is 0 Å². The number of benzene rings is 2. The van der Waals surface area contributed by atoms with Crippen molar-refractivity contribution in [2.75, 3.05) is 11.9 Å². The van der Waals surface area contributed by atoms with Crippen molar-refractivity contribution >= 4 is 29.2 Å². The Balaban J connectivity index is 1.96. The summed E-state index contributed by atoms with van der Waals surface area (Å²) in [7, 11) is 0. The van der Waals surface area contributed by atoms with Gasteiger partial charge in [0.05, 0.1) is 16.3 Å². The summed E-state index contributed by atoms with van der Waals surface area (Å²) in [6, 6.07) is 11.5. The van der Waals surface area contributed by atoms with Crippen LogP contribution in [-0.2, 0) is 11.2 Å². The van der Waals surface area contributed by atoms with Crippen molar-refractivity contribution in [2.45, 2.75) is 13.3 Å². The van der Waals surface area contributed by atoms with Crippen LogP contribution < -0.4 is 10.1 Å². The largest absolute Gasteiger partial charge is 0.484 e. The molecule has 2 rings (SSSR count). The molecule has 2 N–H and O–H groups in total. The highest BCUT2D eigenvalue weighted by Gasteiger charge is 2.10. The van der Waals surface area contributed by atoms with Crippen LogP contribution in [0.25, 0.3) is 0 Å². The number of nitrogens with one attached hydrogen (secondary N) is 1. The van der Waals surface area contributed by atoms with Crippen LogP contribution in [-0.4, -0.2) is 23.6 Å². The molecule has 0 saturated heterocycles. The first kappa shape index (κ1) is 16.8. The summed E-state index contributed by atoms with van der Waals surface area (Å²) < 4.78 is 5.39. The van der Waals surface area contributed by atoms with Crippen LogP contribution in [0.3, 0.4) is 0 Å². The van der Waals surface area contributed by atoms with Gasteiger partial charge < -0.3 is 15.2 Å². The average Bonchev–Trinajstić information content (AvgIpc) is 2.55. The molecule has 0 atom stereocenters. The number of rotatable bonds is 6. The molecule has 2 aromatic rings. The van der Waals surface area contributed by atoms with Gasteiger partial charge in [-0.3, -0.25) is 4.79 Å². The molecule has 0 unspecified atom stereocenters. The Bertz CT molecular complexity index is 713. The number of carboxylic acid groups (broad SMARTS) is 1. The number of carbonyl (C=O) groups is 2. The van der Waals surface area contributed by atoms with Gasteiger partial charge in [-0.1, -0.05) is 30.7 Å². The summed E-state index contributed by atoms with van der Waals surface area (Å²) in [6.45, 7) is 1.86. The zero-order chi connectivity index (χ0) is 16.8. The number of hydrogen-bond acceptors (Lipinski definition) is 3. The number of ether oxygens (including phenoxy) is 1. The summed E-state index contributed by atoms with van der Waals surface area (Å²) in [5.41, 5.74) is 1.46. The summed E-state index contributed by atoms with van der Waals surface area (Å²) in [5, 5.41) is 11.7. The van der Waals surface area contributed by atoms with Crippen molar-refractivity contribution in [3.8, 4) is 5.75 Å². The molecule has 1 amide bonds. The number of halogens is 1. The first-order valence-electron chi connectivity index (χ1n) is 7.04. The van der Waals surface area contributed by atoms with E-state index < -0.39 is 11.9 Å². The van der Waals surface area contributed by atoms with Gasteiger partial charge in [0.2, 0.25) is 0 Å². The van der Waals surface area contributed by atoms with Gasteiger partial charge >= 0.3 is 5.97 Å². The van der Waals surface area contributed by atoms with Gasteiger partial charge in [0, 0.05) is 0 Å². The predicted octanol–water partition coefficient (Wildman–Crippen LogP) is 3.62. The summed E-state index contributed by atoms with van der Waals surface area (Å²) in [6.07, 6.45) is 0.930. The smallest absolute Gasteiger partial charge is 0.335 e. The monoisotopic (exact) mass is 333 g/mol. The Kier molecular flexibility index (Phi) is 5.60. The van der Waals surface area contributed by atoms with E-state index in [4.69, 9.17) is 21.4 Å².